The summed E-state index contributed by atoms with van der Waals surface area (Å²) in [4.78, 5) is 5.69. The molecule has 0 saturated carbocycles. The van der Waals surface area contributed by atoms with Crippen molar-refractivity contribution >= 4 is 17.0 Å². The molecule has 0 spiro atoms. The van der Waals surface area contributed by atoms with Crippen molar-refractivity contribution in [2.75, 3.05) is 5.73 Å². The molecule has 2 N–H and O–H groups in total. The van der Waals surface area contributed by atoms with Crippen molar-refractivity contribution < 1.29 is 4.39 Å². The summed E-state index contributed by atoms with van der Waals surface area (Å²) >= 11 is 1.59. The average Bonchev–Trinajstić information content (AvgIpc) is 2.81. The summed E-state index contributed by atoms with van der Waals surface area (Å²) in [5, 5.41) is 0.897. The van der Waals surface area contributed by atoms with Crippen molar-refractivity contribution in [3.63, 3.8) is 0 Å². The van der Waals surface area contributed by atoms with Gasteiger partial charge in [0.1, 0.15) is 10.8 Å². The van der Waals surface area contributed by atoms with Gasteiger partial charge in [-0.05, 0) is 31.2 Å². The second-order valence-corrected chi connectivity index (χ2v) is 5.76. The third-order valence-corrected chi connectivity index (χ3v) is 4.05. The molecule has 0 radical (unpaired) electrons. The minimum atomic E-state index is -0.250. The molecule has 20 heavy (non-hydrogen) atoms. The molecular formula is C16H13FN2S. The lowest BCUT2D eigenvalue weighted by Gasteiger charge is -1.99. The van der Waals surface area contributed by atoms with Crippen LogP contribution >= 0.6 is 11.3 Å². The molecule has 2 nitrogen and oxygen atoms in total. The molecule has 0 atom stereocenters. The Hall–Kier alpha value is -2.20. The average molecular weight is 284 g/mol. The predicted octanol–water partition coefficient (Wildman–Crippen LogP) is 4.51. The summed E-state index contributed by atoms with van der Waals surface area (Å²) in [6.07, 6.45) is 0. The lowest BCUT2D eigenvalue weighted by Crippen LogP contribution is -1.85. The number of aryl methyl sites for hydroxylation is 1. The van der Waals surface area contributed by atoms with Crippen molar-refractivity contribution in [2.24, 2.45) is 0 Å². The van der Waals surface area contributed by atoms with Crippen molar-refractivity contribution in [1.82, 2.24) is 4.98 Å². The zero-order valence-corrected chi connectivity index (χ0v) is 11.7. The number of anilines is 1. The van der Waals surface area contributed by atoms with Gasteiger partial charge in [0, 0.05) is 21.7 Å². The number of aromatic nitrogens is 1. The fourth-order valence-electron chi connectivity index (χ4n) is 2.10. The molecule has 0 amide bonds. The van der Waals surface area contributed by atoms with Crippen LogP contribution in [0.5, 0.6) is 0 Å². The van der Waals surface area contributed by atoms with Gasteiger partial charge in [0.05, 0.1) is 5.69 Å². The minimum absolute atomic E-state index is 0.250. The highest BCUT2D eigenvalue weighted by molar-refractivity contribution is 7.15. The Balaban J connectivity index is 2.08. The van der Waals surface area contributed by atoms with Gasteiger partial charge in [-0.1, -0.05) is 24.3 Å². The van der Waals surface area contributed by atoms with Gasteiger partial charge >= 0.3 is 0 Å². The maximum Gasteiger partial charge on any atom is 0.124 e. The molecule has 0 bridgehead atoms. The number of rotatable bonds is 2. The van der Waals surface area contributed by atoms with Gasteiger partial charge in [-0.2, -0.15) is 0 Å². The molecule has 0 fully saturated rings. The third-order valence-electron chi connectivity index (χ3n) is 3.03. The van der Waals surface area contributed by atoms with E-state index in [2.05, 4.69) is 4.98 Å². The topological polar surface area (TPSA) is 38.9 Å². The standard InChI is InChI=1S/C16H13FN2S/c1-10-15(11-4-2-6-13(17)8-11)19-16(20-10)12-5-3-7-14(18)9-12/h2-9H,18H2,1H3. The van der Waals surface area contributed by atoms with Crippen LogP contribution in [0.15, 0.2) is 48.5 Å². The Morgan fingerprint density at radius 2 is 1.80 bits per heavy atom. The van der Waals surface area contributed by atoms with Crippen LogP contribution in [0.4, 0.5) is 10.1 Å². The normalized spacial score (nSPS) is 10.7. The number of nitrogens with two attached hydrogens (primary N) is 1. The molecule has 1 heterocycles. The first kappa shape index (κ1) is 12.8. The molecule has 0 saturated heterocycles. The van der Waals surface area contributed by atoms with E-state index in [1.165, 1.54) is 12.1 Å². The van der Waals surface area contributed by atoms with Crippen LogP contribution < -0.4 is 5.73 Å². The summed E-state index contributed by atoms with van der Waals surface area (Å²) in [5.74, 6) is -0.250. The number of hydrogen-bond donors (Lipinski definition) is 1. The van der Waals surface area contributed by atoms with E-state index < -0.39 is 0 Å². The Kier molecular flexibility index (Phi) is 3.24. The smallest absolute Gasteiger partial charge is 0.124 e. The Morgan fingerprint density at radius 3 is 2.55 bits per heavy atom. The second-order valence-electron chi connectivity index (χ2n) is 4.56. The van der Waals surface area contributed by atoms with E-state index in [9.17, 15) is 4.39 Å². The summed E-state index contributed by atoms with van der Waals surface area (Å²) in [7, 11) is 0. The van der Waals surface area contributed by atoms with E-state index >= 15 is 0 Å². The first-order valence-corrected chi connectivity index (χ1v) is 7.04. The van der Waals surface area contributed by atoms with Crippen LogP contribution in [0.3, 0.4) is 0 Å². The second kappa shape index (κ2) is 5.06. The molecule has 3 aromatic rings. The lowest BCUT2D eigenvalue weighted by molar-refractivity contribution is 0.628. The van der Waals surface area contributed by atoms with E-state index in [0.717, 1.165) is 26.7 Å². The molecular weight excluding hydrogens is 271 g/mol. The van der Waals surface area contributed by atoms with E-state index in [4.69, 9.17) is 5.73 Å². The van der Waals surface area contributed by atoms with Crippen LogP contribution in [0.1, 0.15) is 4.88 Å². The number of nitrogens with zero attached hydrogens (tertiary/aromatic N) is 1. The Morgan fingerprint density at radius 1 is 1.05 bits per heavy atom. The van der Waals surface area contributed by atoms with Crippen molar-refractivity contribution in [1.29, 1.82) is 0 Å². The molecule has 1 aromatic heterocycles. The monoisotopic (exact) mass is 284 g/mol. The molecule has 0 unspecified atom stereocenters. The van der Waals surface area contributed by atoms with Gasteiger partial charge < -0.3 is 5.73 Å². The van der Waals surface area contributed by atoms with Gasteiger partial charge in [-0.25, -0.2) is 9.37 Å². The number of thiazole rings is 1. The van der Waals surface area contributed by atoms with Crippen molar-refractivity contribution in [3.8, 4) is 21.8 Å². The van der Waals surface area contributed by atoms with Crippen LogP contribution in [-0.2, 0) is 0 Å². The van der Waals surface area contributed by atoms with Gasteiger partial charge in [0.2, 0.25) is 0 Å². The van der Waals surface area contributed by atoms with E-state index in [-0.39, 0.29) is 5.82 Å². The van der Waals surface area contributed by atoms with Gasteiger partial charge in [0.15, 0.2) is 0 Å². The number of benzene rings is 2. The highest BCUT2D eigenvalue weighted by atomic mass is 32.1. The van der Waals surface area contributed by atoms with E-state index in [1.807, 2.05) is 37.3 Å². The zero-order chi connectivity index (χ0) is 14.1. The highest BCUT2D eigenvalue weighted by Crippen LogP contribution is 2.33. The lowest BCUT2D eigenvalue weighted by atomic mass is 10.1. The molecule has 0 aliphatic carbocycles. The predicted molar refractivity (Wildman–Crippen MR) is 82.1 cm³/mol. The summed E-state index contributed by atoms with van der Waals surface area (Å²) in [5.41, 5.74) is 9.12. The summed E-state index contributed by atoms with van der Waals surface area (Å²) in [6, 6.07) is 14.1. The largest absolute Gasteiger partial charge is 0.399 e. The molecule has 3 rings (SSSR count). The Bertz CT molecular complexity index is 765. The van der Waals surface area contributed by atoms with Gasteiger partial charge in [-0.15, -0.1) is 11.3 Å². The molecule has 100 valence electrons. The number of hydrogen-bond acceptors (Lipinski definition) is 3. The maximum atomic E-state index is 13.3. The minimum Gasteiger partial charge on any atom is -0.399 e. The zero-order valence-electron chi connectivity index (χ0n) is 10.9. The highest BCUT2D eigenvalue weighted by Gasteiger charge is 2.11. The number of halogens is 1. The van der Waals surface area contributed by atoms with Crippen LogP contribution in [-0.4, -0.2) is 4.98 Å². The van der Waals surface area contributed by atoms with Crippen LogP contribution in [0, 0.1) is 12.7 Å². The fraction of sp³-hybridized carbons (Fsp3) is 0.0625. The molecule has 0 aliphatic rings. The SMILES string of the molecule is Cc1sc(-c2cccc(N)c2)nc1-c1cccc(F)c1. The first-order valence-electron chi connectivity index (χ1n) is 6.23. The van der Waals surface area contributed by atoms with E-state index in [1.54, 1.807) is 17.4 Å². The number of nitrogen functional groups attached to an aromatic ring is 1. The first-order chi connectivity index (χ1) is 9.63. The van der Waals surface area contributed by atoms with Crippen molar-refractivity contribution in [3.05, 3.63) is 59.2 Å². The summed E-state index contributed by atoms with van der Waals surface area (Å²) < 4.78 is 13.3. The third kappa shape index (κ3) is 2.42. The van der Waals surface area contributed by atoms with Gasteiger partial charge in [0.25, 0.3) is 0 Å². The van der Waals surface area contributed by atoms with Crippen molar-refractivity contribution in [2.45, 2.75) is 6.92 Å². The Labute approximate surface area is 120 Å². The quantitative estimate of drug-likeness (QED) is 0.703. The summed E-state index contributed by atoms with van der Waals surface area (Å²) in [6.45, 7) is 1.99. The van der Waals surface area contributed by atoms with Crippen LogP contribution in [0.2, 0.25) is 0 Å². The van der Waals surface area contributed by atoms with Crippen LogP contribution in [0.25, 0.3) is 21.8 Å². The molecule has 0 aliphatic heterocycles. The van der Waals surface area contributed by atoms with E-state index in [0.29, 0.717) is 5.69 Å². The maximum absolute atomic E-state index is 13.3. The van der Waals surface area contributed by atoms with Gasteiger partial charge in [-0.3, -0.25) is 0 Å². The fourth-order valence-corrected chi connectivity index (χ4v) is 3.03. The molecule has 2 aromatic carbocycles. The molecule has 4 heteroatoms.